The maximum absolute atomic E-state index is 11.3. The van der Waals surface area contributed by atoms with Crippen LogP contribution in [0.25, 0.3) is 5.57 Å². The third-order valence-electron chi connectivity index (χ3n) is 3.30. The van der Waals surface area contributed by atoms with Crippen LogP contribution in [0, 0.1) is 6.07 Å². The summed E-state index contributed by atoms with van der Waals surface area (Å²) >= 11 is 0. The SMILES string of the molecule is COC(=O)CC1=C(C)c2[c-]cccc2C1C.[Ti]. The summed E-state index contributed by atoms with van der Waals surface area (Å²) in [6.07, 6.45) is 0.381. The molecule has 0 amide bonds. The number of carbonyl (C=O) groups excluding carboxylic acids is 1. The first-order valence-electron chi connectivity index (χ1n) is 5.42. The molecule has 88 valence electrons. The second-order valence-electron chi connectivity index (χ2n) is 4.13. The molecule has 0 N–H and O–H groups in total. The molecule has 0 spiro atoms. The average Bonchev–Trinajstić information content (AvgIpc) is 2.55. The van der Waals surface area contributed by atoms with E-state index in [0.717, 1.165) is 11.1 Å². The summed E-state index contributed by atoms with van der Waals surface area (Å²) in [5, 5.41) is 0. The van der Waals surface area contributed by atoms with Gasteiger partial charge in [0.05, 0.1) is 13.5 Å². The van der Waals surface area contributed by atoms with Gasteiger partial charge < -0.3 is 4.74 Å². The zero-order chi connectivity index (χ0) is 11.7. The van der Waals surface area contributed by atoms with Crippen molar-refractivity contribution in [3.63, 3.8) is 0 Å². The number of carbonyl (C=O) groups is 1. The minimum Gasteiger partial charge on any atom is -0.469 e. The third-order valence-corrected chi connectivity index (χ3v) is 3.30. The van der Waals surface area contributed by atoms with Crippen LogP contribution in [-0.4, -0.2) is 13.1 Å². The first-order chi connectivity index (χ1) is 7.65. The number of hydrogen-bond acceptors (Lipinski definition) is 2. The van der Waals surface area contributed by atoms with Gasteiger partial charge in [0.2, 0.25) is 0 Å². The Kier molecular flexibility index (Phi) is 4.73. The fraction of sp³-hybridized carbons (Fsp3) is 0.357. The number of benzene rings is 1. The summed E-state index contributed by atoms with van der Waals surface area (Å²) in [5.41, 5.74) is 4.74. The van der Waals surface area contributed by atoms with Gasteiger partial charge in [-0.25, -0.2) is 0 Å². The predicted octanol–water partition coefficient (Wildman–Crippen LogP) is 2.94. The van der Waals surface area contributed by atoms with Gasteiger partial charge in [-0.1, -0.05) is 19.4 Å². The second kappa shape index (κ2) is 5.66. The number of rotatable bonds is 2. The molecule has 2 nitrogen and oxygen atoms in total. The van der Waals surface area contributed by atoms with Gasteiger partial charge in [0.15, 0.2) is 0 Å². The van der Waals surface area contributed by atoms with Gasteiger partial charge in [-0.3, -0.25) is 4.79 Å². The summed E-state index contributed by atoms with van der Waals surface area (Å²) in [6, 6.07) is 9.24. The van der Waals surface area contributed by atoms with Crippen LogP contribution in [0.3, 0.4) is 0 Å². The Morgan fingerprint density at radius 1 is 1.53 bits per heavy atom. The second-order valence-corrected chi connectivity index (χ2v) is 4.13. The topological polar surface area (TPSA) is 26.3 Å². The molecule has 2 rings (SSSR count). The molecule has 0 aliphatic heterocycles. The molecule has 0 radical (unpaired) electrons. The van der Waals surface area contributed by atoms with E-state index < -0.39 is 0 Å². The molecule has 0 heterocycles. The van der Waals surface area contributed by atoms with Crippen LogP contribution in [0.4, 0.5) is 0 Å². The van der Waals surface area contributed by atoms with Crippen molar-refractivity contribution in [3.05, 3.63) is 41.0 Å². The maximum Gasteiger partial charge on any atom is 0.308 e. The number of hydrogen-bond donors (Lipinski definition) is 0. The largest absolute Gasteiger partial charge is 0.469 e. The summed E-state index contributed by atoms with van der Waals surface area (Å²) in [5.74, 6) is 0.126. The molecule has 0 saturated carbocycles. The Morgan fingerprint density at radius 3 is 2.82 bits per heavy atom. The average molecular weight is 263 g/mol. The molecular weight excluding hydrogens is 248 g/mol. The van der Waals surface area contributed by atoms with E-state index >= 15 is 0 Å². The minimum absolute atomic E-state index is 0. The zero-order valence-corrected chi connectivity index (χ0v) is 11.9. The molecule has 1 aromatic carbocycles. The van der Waals surface area contributed by atoms with Gasteiger partial charge in [-0.15, -0.1) is 41.0 Å². The van der Waals surface area contributed by atoms with Crippen LogP contribution in [0.15, 0.2) is 23.8 Å². The molecule has 1 aromatic rings. The standard InChI is InChI=1S/C14H15O2.Ti/c1-9-11-6-4-5-7-12(11)10(2)13(9)8-14(15)16-3;/h4-6,9H,8H2,1-3H3;/q-1;. The summed E-state index contributed by atoms with van der Waals surface area (Å²) in [6.45, 7) is 4.18. The van der Waals surface area contributed by atoms with Gasteiger partial charge in [-0.05, 0) is 5.92 Å². The minimum atomic E-state index is -0.172. The van der Waals surface area contributed by atoms with E-state index in [-0.39, 0.29) is 27.7 Å². The zero-order valence-electron chi connectivity index (χ0n) is 10.3. The van der Waals surface area contributed by atoms with Crippen LogP contribution < -0.4 is 0 Å². The van der Waals surface area contributed by atoms with Crippen LogP contribution in [0.1, 0.15) is 37.3 Å². The monoisotopic (exact) mass is 263 g/mol. The molecular formula is C14H15O2Ti-. The van der Waals surface area contributed by atoms with Gasteiger partial charge in [0, 0.05) is 21.7 Å². The molecule has 1 atom stereocenters. The molecule has 0 aromatic heterocycles. The van der Waals surface area contributed by atoms with Crippen molar-refractivity contribution in [3.8, 4) is 0 Å². The van der Waals surface area contributed by atoms with Crippen molar-refractivity contribution in [2.45, 2.75) is 26.2 Å². The molecule has 0 fully saturated rings. The van der Waals surface area contributed by atoms with Gasteiger partial charge in [0.25, 0.3) is 0 Å². The van der Waals surface area contributed by atoms with Crippen molar-refractivity contribution >= 4 is 11.5 Å². The molecule has 0 bridgehead atoms. The fourth-order valence-electron chi connectivity index (χ4n) is 2.32. The molecule has 3 heteroatoms. The molecule has 1 unspecified atom stereocenters. The van der Waals surface area contributed by atoms with Crippen LogP contribution in [0.2, 0.25) is 0 Å². The van der Waals surface area contributed by atoms with E-state index in [9.17, 15) is 4.79 Å². The number of allylic oxidation sites excluding steroid dienone is 1. The number of methoxy groups -OCH3 is 1. The Morgan fingerprint density at radius 2 is 2.24 bits per heavy atom. The Hall–Kier alpha value is -0.856. The van der Waals surface area contributed by atoms with E-state index in [2.05, 4.69) is 26.0 Å². The molecule has 1 aliphatic rings. The number of esters is 1. The first kappa shape index (κ1) is 14.2. The van der Waals surface area contributed by atoms with Crippen molar-refractivity contribution in [2.24, 2.45) is 0 Å². The Bertz CT molecular complexity index is 463. The maximum atomic E-state index is 11.3. The molecule has 0 saturated heterocycles. The molecule has 17 heavy (non-hydrogen) atoms. The number of ether oxygens (including phenoxy) is 1. The Balaban J connectivity index is 0.00000144. The van der Waals surface area contributed by atoms with Crippen molar-refractivity contribution in [2.75, 3.05) is 7.11 Å². The molecule has 1 aliphatic carbocycles. The van der Waals surface area contributed by atoms with Crippen molar-refractivity contribution in [1.29, 1.82) is 0 Å². The fourth-order valence-corrected chi connectivity index (χ4v) is 2.32. The smallest absolute Gasteiger partial charge is 0.308 e. The van der Waals surface area contributed by atoms with E-state index in [1.807, 2.05) is 12.1 Å². The summed E-state index contributed by atoms with van der Waals surface area (Å²) in [7, 11) is 1.43. The van der Waals surface area contributed by atoms with Crippen molar-refractivity contribution < 1.29 is 31.2 Å². The first-order valence-corrected chi connectivity index (χ1v) is 5.42. The van der Waals surface area contributed by atoms with E-state index in [1.54, 1.807) is 0 Å². The quantitative estimate of drug-likeness (QED) is 0.466. The van der Waals surface area contributed by atoms with E-state index in [4.69, 9.17) is 4.74 Å². The van der Waals surface area contributed by atoms with Gasteiger partial charge >= 0.3 is 5.97 Å². The van der Waals surface area contributed by atoms with E-state index in [1.165, 1.54) is 18.2 Å². The summed E-state index contributed by atoms with van der Waals surface area (Å²) in [4.78, 5) is 11.3. The van der Waals surface area contributed by atoms with Crippen molar-refractivity contribution in [1.82, 2.24) is 0 Å². The predicted molar refractivity (Wildman–Crippen MR) is 62.9 cm³/mol. The van der Waals surface area contributed by atoms with Gasteiger partial charge in [0.1, 0.15) is 0 Å². The summed E-state index contributed by atoms with van der Waals surface area (Å²) < 4.78 is 4.72. The Labute approximate surface area is 117 Å². The van der Waals surface area contributed by atoms with Crippen LogP contribution in [-0.2, 0) is 31.2 Å². The number of fused-ring (bicyclic) bond motifs is 1. The normalized spacial score (nSPS) is 17.5. The third kappa shape index (κ3) is 2.53. The van der Waals surface area contributed by atoms with Crippen LogP contribution >= 0.6 is 0 Å². The van der Waals surface area contributed by atoms with Crippen LogP contribution in [0.5, 0.6) is 0 Å². The van der Waals surface area contributed by atoms with E-state index in [0.29, 0.717) is 12.3 Å². The van der Waals surface area contributed by atoms with Gasteiger partial charge in [-0.2, -0.15) is 0 Å².